The average Bonchev–Trinajstić information content (AvgIpc) is 2.51. The Balaban J connectivity index is 1.98. The van der Waals surface area contributed by atoms with Gasteiger partial charge in [-0.2, -0.15) is 0 Å². The first-order valence-corrected chi connectivity index (χ1v) is 7.68. The van der Waals surface area contributed by atoms with Gasteiger partial charge in [-0.3, -0.25) is 4.79 Å². The van der Waals surface area contributed by atoms with Gasteiger partial charge in [0.05, 0.1) is 23.1 Å². The minimum absolute atomic E-state index is 0.194. The number of carbonyl (C=O) groups is 1. The van der Waals surface area contributed by atoms with Gasteiger partial charge in [0.15, 0.2) is 0 Å². The van der Waals surface area contributed by atoms with Gasteiger partial charge in [-0.1, -0.05) is 23.2 Å². The van der Waals surface area contributed by atoms with Gasteiger partial charge in [0.2, 0.25) is 0 Å². The number of hydrogen-bond donors (Lipinski definition) is 2. The van der Waals surface area contributed by atoms with Gasteiger partial charge in [0.1, 0.15) is 11.5 Å². The molecule has 0 aliphatic carbocycles. The highest BCUT2D eigenvalue weighted by atomic mass is 35.5. The molecule has 2 N–H and O–H groups in total. The maximum atomic E-state index is 12.1. The van der Waals surface area contributed by atoms with Crippen molar-refractivity contribution in [3.8, 4) is 0 Å². The Kier molecular flexibility index (Phi) is 6.15. The number of hydrogen-bond acceptors (Lipinski definition) is 5. The molecule has 0 saturated carbocycles. The van der Waals surface area contributed by atoms with Crippen LogP contribution in [0.15, 0.2) is 30.6 Å². The lowest BCUT2D eigenvalue weighted by atomic mass is 10.3. The molecule has 23 heavy (non-hydrogen) atoms. The van der Waals surface area contributed by atoms with Crippen molar-refractivity contribution in [2.45, 2.75) is 0 Å². The fraction of sp³-hybridized carbons (Fsp3) is 0.267. The zero-order valence-electron chi connectivity index (χ0n) is 12.8. The standard InChI is InChI=1S/C15H17Cl2N5O/c1-22(2)6-5-18-14-9-19-13(8-20-14)15(23)21-12-7-10(16)3-4-11(12)17/h3-4,7-9H,5-6H2,1-2H3,(H,18,20)(H,21,23). The second-order valence-electron chi connectivity index (χ2n) is 5.10. The molecule has 0 bridgehead atoms. The fourth-order valence-electron chi connectivity index (χ4n) is 1.72. The smallest absolute Gasteiger partial charge is 0.275 e. The van der Waals surface area contributed by atoms with E-state index in [1.165, 1.54) is 12.4 Å². The Morgan fingerprint density at radius 2 is 2.00 bits per heavy atom. The monoisotopic (exact) mass is 353 g/mol. The van der Waals surface area contributed by atoms with Crippen LogP contribution in [0, 0.1) is 0 Å². The van der Waals surface area contributed by atoms with Crippen molar-refractivity contribution < 1.29 is 4.79 Å². The first-order chi connectivity index (χ1) is 11.0. The number of aromatic nitrogens is 2. The van der Waals surface area contributed by atoms with E-state index >= 15 is 0 Å². The van der Waals surface area contributed by atoms with E-state index in [4.69, 9.17) is 23.2 Å². The van der Waals surface area contributed by atoms with Crippen LogP contribution in [0.3, 0.4) is 0 Å². The van der Waals surface area contributed by atoms with Crippen molar-refractivity contribution in [2.75, 3.05) is 37.8 Å². The molecule has 0 aliphatic heterocycles. The van der Waals surface area contributed by atoms with Gasteiger partial charge in [-0.25, -0.2) is 9.97 Å². The van der Waals surface area contributed by atoms with Crippen LogP contribution in [0.5, 0.6) is 0 Å². The molecule has 0 radical (unpaired) electrons. The van der Waals surface area contributed by atoms with Gasteiger partial charge in [-0.05, 0) is 32.3 Å². The molecule has 0 fully saturated rings. The van der Waals surface area contributed by atoms with Crippen molar-refractivity contribution in [1.82, 2.24) is 14.9 Å². The summed E-state index contributed by atoms with van der Waals surface area (Å²) in [5.41, 5.74) is 0.623. The van der Waals surface area contributed by atoms with E-state index in [0.717, 1.165) is 13.1 Å². The molecular formula is C15H17Cl2N5O. The second-order valence-corrected chi connectivity index (χ2v) is 5.94. The Bertz CT molecular complexity index is 676. The van der Waals surface area contributed by atoms with E-state index < -0.39 is 5.91 Å². The quantitative estimate of drug-likeness (QED) is 0.835. The molecule has 0 unspecified atom stereocenters. The van der Waals surface area contributed by atoms with Gasteiger partial charge < -0.3 is 15.5 Å². The van der Waals surface area contributed by atoms with Crippen LogP contribution in [0.4, 0.5) is 11.5 Å². The van der Waals surface area contributed by atoms with Crippen molar-refractivity contribution >= 4 is 40.6 Å². The Morgan fingerprint density at radius 1 is 1.22 bits per heavy atom. The number of likely N-dealkylation sites (N-methyl/N-ethyl adjacent to an activating group) is 1. The van der Waals surface area contributed by atoms with Crippen LogP contribution in [-0.2, 0) is 0 Å². The van der Waals surface area contributed by atoms with E-state index in [1.807, 2.05) is 14.1 Å². The first kappa shape index (κ1) is 17.5. The lowest BCUT2D eigenvalue weighted by molar-refractivity contribution is 0.102. The number of benzene rings is 1. The normalized spacial score (nSPS) is 10.7. The van der Waals surface area contributed by atoms with Gasteiger partial charge in [0.25, 0.3) is 5.91 Å². The molecule has 0 aliphatic rings. The maximum absolute atomic E-state index is 12.1. The zero-order valence-corrected chi connectivity index (χ0v) is 14.3. The molecule has 6 nitrogen and oxygen atoms in total. The summed E-state index contributed by atoms with van der Waals surface area (Å²) in [7, 11) is 3.98. The number of anilines is 2. The van der Waals surface area contributed by atoms with Crippen molar-refractivity contribution in [2.24, 2.45) is 0 Å². The summed E-state index contributed by atoms with van der Waals surface area (Å²) in [6, 6.07) is 4.84. The second kappa shape index (κ2) is 8.10. The van der Waals surface area contributed by atoms with Crippen LogP contribution < -0.4 is 10.6 Å². The Labute approximate surface area is 144 Å². The predicted molar refractivity (Wildman–Crippen MR) is 93.5 cm³/mol. The number of rotatable bonds is 6. The zero-order chi connectivity index (χ0) is 16.8. The third-order valence-corrected chi connectivity index (χ3v) is 3.49. The van der Waals surface area contributed by atoms with Crippen LogP contribution >= 0.6 is 23.2 Å². The summed E-state index contributed by atoms with van der Waals surface area (Å²) in [5, 5.41) is 6.67. The lowest BCUT2D eigenvalue weighted by Crippen LogP contribution is -2.21. The molecule has 0 spiro atoms. The van der Waals surface area contributed by atoms with E-state index in [9.17, 15) is 4.79 Å². The Morgan fingerprint density at radius 3 is 2.65 bits per heavy atom. The molecule has 2 aromatic rings. The van der Waals surface area contributed by atoms with Gasteiger partial charge in [-0.15, -0.1) is 0 Å². The molecule has 1 heterocycles. The van der Waals surface area contributed by atoms with Gasteiger partial charge in [0, 0.05) is 18.1 Å². The third-order valence-electron chi connectivity index (χ3n) is 2.93. The lowest BCUT2D eigenvalue weighted by Gasteiger charge is -2.11. The van der Waals surface area contributed by atoms with Crippen molar-refractivity contribution in [3.63, 3.8) is 0 Å². The van der Waals surface area contributed by atoms with E-state index in [-0.39, 0.29) is 5.69 Å². The van der Waals surface area contributed by atoms with Crippen LogP contribution in [0.25, 0.3) is 0 Å². The highest BCUT2D eigenvalue weighted by molar-refractivity contribution is 6.35. The number of halogens is 2. The van der Waals surface area contributed by atoms with Gasteiger partial charge >= 0.3 is 0 Å². The van der Waals surface area contributed by atoms with E-state index in [1.54, 1.807) is 18.2 Å². The first-order valence-electron chi connectivity index (χ1n) is 6.93. The minimum Gasteiger partial charge on any atom is -0.368 e. The average molecular weight is 354 g/mol. The number of carbonyl (C=O) groups excluding carboxylic acids is 1. The summed E-state index contributed by atoms with van der Waals surface area (Å²) in [5.74, 6) is 0.214. The van der Waals surface area contributed by atoms with Crippen LogP contribution in [-0.4, -0.2) is 48.0 Å². The molecule has 0 atom stereocenters. The summed E-state index contributed by atoms with van der Waals surface area (Å²) < 4.78 is 0. The molecule has 1 amide bonds. The molecule has 8 heteroatoms. The summed E-state index contributed by atoms with van der Waals surface area (Å²) >= 11 is 11.9. The third kappa shape index (κ3) is 5.35. The molecule has 2 rings (SSSR count). The topological polar surface area (TPSA) is 70.2 Å². The van der Waals surface area contributed by atoms with E-state index in [2.05, 4.69) is 25.5 Å². The molecule has 122 valence electrons. The van der Waals surface area contributed by atoms with Crippen LogP contribution in [0.2, 0.25) is 10.0 Å². The summed E-state index contributed by atoms with van der Waals surface area (Å²) in [6.45, 7) is 1.61. The molecule has 1 aromatic carbocycles. The number of nitrogens with zero attached hydrogens (tertiary/aromatic N) is 3. The van der Waals surface area contributed by atoms with Crippen LogP contribution in [0.1, 0.15) is 10.5 Å². The van der Waals surface area contributed by atoms with Crippen molar-refractivity contribution in [3.05, 3.63) is 46.3 Å². The largest absolute Gasteiger partial charge is 0.368 e. The van der Waals surface area contributed by atoms with E-state index in [0.29, 0.717) is 21.6 Å². The maximum Gasteiger partial charge on any atom is 0.275 e. The molecular weight excluding hydrogens is 337 g/mol. The SMILES string of the molecule is CN(C)CCNc1cnc(C(=O)Nc2cc(Cl)ccc2Cl)cn1. The summed E-state index contributed by atoms with van der Waals surface area (Å²) in [6.07, 6.45) is 2.93. The molecule has 1 aromatic heterocycles. The summed E-state index contributed by atoms with van der Waals surface area (Å²) in [4.78, 5) is 22.5. The number of nitrogens with one attached hydrogen (secondary N) is 2. The fourth-order valence-corrected chi connectivity index (χ4v) is 2.06. The van der Waals surface area contributed by atoms with Crippen molar-refractivity contribution in [1.29, 1.82) is 0 Å². The highest BCUT2D eigenvalue weighted by Gasteiger charge is 2.11. The molecule has 0 saturated heterocycles. The highest BCUT2D eigenvalue weighted by Crippen LogP contribution is 2.25. The predicted octanol–water partition coefficient (Wildman–Crippen LogP) is 3.01. The minimum atomic E-state index is -0.401. The number of amides is 1. The Hall–Kier alpha value is -1.89.